The lowest BCUT2D eigenvalue weighted by atomic mass is 9.86. The number of amides is 2. The lowest BCUT2D eigenvalue weighted by Crippen LogP contribution is -2.54. The predicted molar refractivity (Wildman–Crippen MR) is 290 cm³/mol. The van der Waals surface area contributed by atoms with E-state index in [4.69, 9.17) is 36.5 Å². The summed E-state index contributed by atoms with van der Waals surface area (Å²) in [6.45, 7) is 5.81. The van der Waals surface area contributed by atoms with Crippen molar-refractivity contribution in [2.45, 2.75) is 83.0 Å². The van der Waals surface area contributed by atoms with Gasteiger partial charge in [0, 0.05) is 77.6 Å². The van der Waals surface area contributed by atoms with Crippen molar-refractivity contribution in [1.82, 2.24) is 29.3 Å². The molecule has 0 bridgehead atoms. The molecule has 4 atom stereocenters. The van der Waals surface area contributed by atoms with Crippen LogP contribution in [0.3, 0.4) is 0 Å². The second-order valence-electron chi connectivity index (χ2n) is 20.8. The van der Waals surface area contributed by atoms with Crippen molar-refractivity contribution in [3.05, 3.63) is 109 Å². The molecule has 80 heavy (non-hydrogen) atoms. The number of nitriles is 1. The Bertz CT molecular complexity index is 4000. The van der Waals surface area contributed by atoms with Crippen LogP contribution in [0, 0.1) is 28.8 Å². The second kappa shape index (κ2) is 19.7. The molecule has 0 aliphatic carbocycles. The highest BCUT2D eigenvalue weighted by Crippen LogP contribution is 2.47. The third kappa shape index (κ3) is 8.44. The summed E-state index contributed by atoms with van der Waals surface area (Å²) in [7, 11) is 0. The Kier molecular flexibility index (Phi) is 13.0. The number of nitrogens with two attached hydrogens (primary N) is 1. The Morgan fingerprint density at radius 3 is 2.66 bits per heavy atom. The molecule has 24 heteroatoms. The number of piperazine rings is 1. The van der Waals surface area contributed by atoms with E-state index >= 15 is 13.2 Å². The molecular weight excluding hydrogens is 1080 g/mol. The number of aliphatic hydroxyl groups is 1. The number of esters is 1. The number of nitrogen functional groups attached to an aromatic ring is 1. The summed E-state index contributed by atoms with van der Waals surface area (Å²) in [5, 5.41) is 24.3. The first-order valence-corrected chi connectivity index (χ1v) is 27.1. The van der Waals surface area contributed by atoms with Gasteiger partial charge >= 0.3 is 18.1 Å². The third-order valence-corrected chi connectivity index (χ3v) is 17.6. The lowest BCUT2D eigenvalue weighted by Gasteiger charge is -2.41. The zero-order valence-corrected chi connectivity index (χ0v) is 44.8. The number of halogens is 5. The van der Waals surface area contributed by atoms with E-state index in [-0.39, 0.29) is 146 Å². The number of benzene rings is 3. The molecule has 3 saturated heterocycles. The number of carbonyl (C=O) groups is 3. The summed E-state index contributed by atoms with van der Waals surface area (Å²) in [4.78, 5) is 73.2. The standard InChI is InChI=1S/C56H49ClF4N10O8S/c1-4-27(23-78-54(75)65-40-14-28-13-29-21-71-41(45(29)64-39(28)17-38(40)60)16-35-34(51(71)73)24-77-52(74)56(35,76)5-2)50(72)68-11-12-70(26(3)20-68)49-32-15-36(57)43(31-7-8-37(59)47-42(31)33(19-62)48(63)80-47)44(61)46(32)66-53(67-49)79-25-55-9-6-10-69(55)22-30(58)18-55/h4,7-8,13-17,26,30,76H,5-6,9-12,18,20-25,63H2,1-3H3,(H,65,75)/b27-4+/t26-,30+,55-,56-/m0/s1. The maximum absolute atomic E-state index is 17.5. The number of rotatable bonds is 10. The molecule has 5 aliphatic heterocycles. The first kappa shape index (κ1) is 52.8. The van der Waals surface area contributed by atoms with Gasteiger partial charge in [-0.1, -0.05) is 30.7 Å². The van der Waals surface area contributed by atoms with Gasteiger partial charge in [0.15, 0.2) is 11.4 Å². The Balaban J connectivity index is 0.766. The number of thiophene rings is 1. The number of hydrogen-bond acceptors (Lipinski definition) is 16. The van der Waals surface area contributed by atoms with Gasteiger partial charge in [-0.25, -0.2) is 32.1 Å². The molecule has 18 nitrogen and oxygen atoms in total. The number of pyridine rings is 2. The zero-order chi connectivity index (χ0) is 56.3. The number of alkyl halides is 1. The van der Waals surface area contributed by atoms with Gasteiger partial charge in [-0.15, -0.1) is 11.3 Å². The largest absolute Gasteiger partial charge is 0.461 e. The Hall–Kier alpha value is -7.91. The highest BCUT2D eigenvalue weighted by molar-refractivity contribution is 7.23. The summed E-state index contributed by atoms with van der Waals surface area (Å²) in [5.41, 5.74) is 4.53. The van der Waals surface area contributed by atoms with E-state index in [9.17, 15) is 33.9 Å². The van der Waals surface area contributed by atoms with Crippen molar-refractivity contribution >= 4 is 89.3 Å². The molecule has 0 radical (unpaired) electrons. The smallest absolute Gasteiger partial charge is 0.412 e. The van der Waals surface area contributed by atoms with Gasteiger partial charge in [0.1, 0.15) is 60.0 Å². The van der Waals surface area contributed by atoms with E-state index in [1.54, 1.807) is 30.9 Å². The van der Waals surface area contributed by atoms with Crippen LogP contribution in [-0.2, 0) is 37.8 Å². The molecular formula is C56H49ClF4N10O8S. The molecule has 5 aliphatic rings. The predicted octanol–water partition coefficient (Wildman–Crippen LogP) is 8.62. The van der Waals surface area contributed by atoms with Crippen LogP contribution in [0.15, 0.2) is 58.9 Å². The van der Waals surface area contributed by atoms with E-state index in [0.717, 1.165) is 29.9 Å². The Morgan fingerprint density at radius 2 is 1.90 bits per heavy atom. The maximum atomic E-state index is 17.5. The van der Waals surface area contributed by atoms with Gasteiger partial charge < -0.3 is 39.4 Å². The molecule has 2 amide bonds. The number of nitrogens with zero attached hydrogens (tertiary/aromatic N) is 8. The highest BCUT2D eigenvalue weighted by atomic mass is 35.5. The van der Waals surface area contributed by atoms with Crippen LogP contribution in [-0.4, -0.2) is 116 Å². The molecule has 4 N–H and O–H groups in total. The molecule has 3 fully saturated rings. The zero-order valence-electron chi connectivity index (χ0n) is 43.2. The van der Waals surface area contributed by atoms with E-state index in [1.807, 2.05) is 17.9 Å². The number of anilines is 3. The molecule has 7 aromatic rings. The number of cyclic esters (lactones) is 1. The first-order chi connectivity index (χ1) is 38.3. The number of carbonyl (C=O) groups excluding carboxylic acids is 3. The molecule has 0 saturated carbocycles. The fourth-order valence-corrected chi connectivity index (χ4v) is 13.4. The maximum Gasteiger partial charge on any atom is 0.412 e. The number of allylic oxidation sites excluding steroid dienone is 1. The van der Waals surface area contributed by atoms with Gasteiger partial charge in [-0.05, 0) is 75.5 Å². The van der Waals surface area contributed by atoms with Crippen LogP contribution in [0.1, 0.15) is 68.7 Å². The molecule has 0 unspecified atom stereocenters. The van der Waals surface area contributed by atoms with Crippen LogP contribution in [0.25, 0.3) is 54.4 Å². The van der Waals surface area contributed by atoms with Crippen molar-refractivity contribution in [2.75, 3.05) is 61.9 Å². The van der Waals surface area contributed by atoms with Gasteiger partial charge in [-0.3, -0.25) is 19.8 Å². The molecule has 9 heterocycles. The first-order valence-electron chi connectivity index (χ1n) is 25.9. The minimum Gasteiger partial charge on any atom is -0.461 e. The Morgan fingerprint density at radius 1 is 1.09 bits per heavy atom. The minimum atomic E-state index is -2.02. The highest BCUT2D eigenvalue weighted by Gasteiger charge is 2.50. The van der Waals surface area contributed by atoms with Crippen LogP contribution in [0.5, 0.6) is 6.01 Å². The van der Waals surface area contributed by atoms with Gasteiger partial charge in [0.2, 0.25) is 0 Å². The number of fused-ring (bicyclic) bond motifs is 8. The summed E-state index contributed by atoms with van der Waals surface area (Å²) in [6.07, 6.45) is 1.18. The van der Waals surface area contributed by atoms with E-state index in [2.05, 4.69) is 20.2 Å². The van der Waals surface area contributed by atoms with Crippen molar-refractivity contribution in [3.8, 4) is 34.6 Å². The molecule has 0 spiro atoms. The van der Waals surface area contributed by atoms with E-state index in [1.165, 1.54) is 28.8 Å². The average Bonchev–Trinajstić information content (AvgIpc) is 4.20. The van der Waals surface area contributed by atoms with Crippen molar-refractivity contribution in [1.29, 1.82) is 5.26 Å². The topological polar surface area (TPSA) is 231 Å². The van der Waals surface area contributed by atoms with Crippen LogP contribution in [0.4, 0.5) is 38.9 Å². The monoisotopic (exact) mass is 1130 g/mol. The Labute approximate surface area is 461 Å². The number of aromatic nitrogens is 4. The fourth-order valence-electron chi connectivity index (χ4n) is 12.2. The number of ether oxygens (including phenoxy) is 3. The normalized spacial score (nSPS) is 21.6. The van der Waals surface area contributed by atoms with Crippen molar-refractivity contribution < 1.29 is 51.3 Å². The van der Waals surface area contributed by atoms with Gasteiger partial charge in [0.05, 0.1) is 61.1 Å². The molecule has 4 aromatic heterocycles. The van der Waals surface area contributed by atoms with E-state index < -0.39 is 70.9 Å². The van der Waals surface area contributed by atoms with Crippen LogP contribution >= 0.6 is 22.9 Å². The summed E-state index contributed by atoms with van der Waals surface area (Å²) < 4.78 is 81.6. The second-order valence-corrected chi connectivity index (χ2v) is 22.3. The number of nitrogens with one attached hydrogen (secondary N) is 1. The molecule has 3 aromatic carbocycles. The molecule has 412 valence electrons. The minimum absolute atomic E-state index is 0.0269. The SMILES string of the molecule is C/C=C(\COC(=O)Nc1cc2cc3c(nc2cc1F)-c1cc2c(c(=O)n1C3)COC(=O)[C@]2(O)CC)C(=O)N1CCN(c2nc(OC[C@@]34CCCN3C[C@H](F)C4)nc3c(F)c(-c4ccc(F)c5sc(N)c(C#N)c45)c(Cl)cc23)[C@@H](C)C1. The fraction of sp³-hybridized carbons (Fsp3) is 0.357. The van der Waals surface area contributed by atoms with Crippen LogP contribution < -0.4 is 26.2 Å². The average molecular weight is 1130 g/mol. The van der Waals surface area contributed by atoms with Crippen LogP contribution in [0.2, 0.25) is 5.02 Å². The number of hydrogen-bond donors (Lipinski definition) is 3. The van der Waals surface area contributed by atoms with Gasteiger partial charge in [-0.2, -0.15) is 15.2 Å². The van der Waals surface area contributed by atoms with E-state index in [0.29, 0.717) is 35.3 Å². The quantitative estimate of drug-likeness (QED) is 0.0661. The summed E-state index contributed by atoms with van der Waals surface area (Å²) in [5.74, 6) is -3.46. The van der Waals surface area contributed by atoms with Crippen molar-refractivity contribution in [3.63, 3.8) is 0 Å². The van der Waals surface area contributed by atoms with Gasteiger partial charge in [0.25, 0.3) is 11.5 Å². The van der Waals surface area contributed by atoms with Crippen molar-refractivity contribution in [2.24, 2.45) is 0 Å². The molecule has 12 rings (SSSR count). The summed E-state index contributed by atoms with van der Waals surface area (Å²) >= 11 is 7.83. The lowest BCUT2D eigenvalue weighted by molar-refractivity contribution is -0.172. The third-order valence-electron chi connectivity index (χ3n) is 16.3. The summed E-state index contributed by atoms with van der Waals surface area (Å²) in [6, 6.07) is 11.1.